The van der Waals surface area contributed by atoms with Crippen molar-refractivity contribution in [3.63, 3.8) is 0 Å². The van der Waals surface area contributed by atoms with E-state index in [4.69, 9.17) is 4.74 Å². The average molecular weight is 369 g/mol. The minimum Gasteiger partial charge on any atom is -0.480 e. The molecule has 0 radical (unpaired) electrons. The number of aromatic nitrogens is 2. The highest BCUT2D eigenvalue weighted by Gasteiger charge is 2.29. The number of amides is 3. The van der Waals surface area contributed by atoms with Gasteiger partial charge in [-0.2, -0.15) is 5.10 Å². The van der Waals surface area contributed by atoms with Crippen molar-refractivity contribution >= 4 is 11.9 Å². The first-order valence-corrected chi connectivity index (χ1v) is 9.05. The first-order valence-electron chi connectivity index (χ1n) is 9.05. The summed E-state index contributed by atoms with van der Waals surface area (Å²) in [7, 11) is 3.50. The number of urea groups is 1. The van der Waals surface area contributed by atoms with Crippen LogP contribution in [0.5, 0.6) is 5.75 Å². The molecule has 2 aliphatic rings. The fourth-order valence-corrected chi connectivity index (χ4v) is 3.48. The highest BCUT2D eigenvalue weighted by atomic mass is 16.5. The molecule has 8 heteroatoms. The zero-order chi connectivity index (χ0) is 19.0. The summed E-state index contributed by atoms with van der Waals surface area (Å²) in [6, 6.07) is 9.65. The molecule has 3 amide bonds. The molecule has 0 fully saturated rings. The lowest BCUT2D eigenvalue weighted by atomic mass is 10.1. The van der Waals surface area contributed by atoms with Crippen LogP contribution in [0.15, 0.2) is 30.3 Å². The van der Waals surface area contributed by atoms with Crippen LogP contribution in [0.3, 0.4) is 0 Å². The lowest BCUT2D eigenvalue weighted by Crippen LogP contribution is -2.43. The van der Waals surface area contributed by atoms with E-state index in [1.807, 2.05) is 35.0 Å². The molecule has 4 rings (SSSR count). The van der Waals surface area contributed by atoms with Gasteiger partial charge in [-0.3, -0.25) is 9.48 Å². The van der Waals surface area contributed by atoms with E-state index in [1.165, 1.54) is 0 Å². The van der Waals surface area contributed by atoms with E-state index >= 15 is 0 Å². The van der Waals surface area contributed by atoms with Gasteiger partial charge in [0.15, 0.2) is 6.10 Å². The monoisotopic (exact) mass is 369 g/mol. The SMILES string of the molecule is CN(C)C(=O)N1CCn2nc(CNC(=O)[C@@H]3Cc4ccccc4O3)cc2C1. The molecule has 0 spiro atoms. The number of fused-ring (bicyclic) bond motifs is 2. The molecule has 1 aromatic carbocycles. The van der Waals surface area contributed by atoms with E-state index in [9.17, 15) is 9.59 Å². The van der Waals surface area contributed by atoms with E-state index < -0.39 is 6.10 Å². The van der Waals surface area contributed by atoms with Crippen LogP contribution in [0.4, 0.5) is 4.79 Å². The average Bonchev–Trinajstić information content (AvgIpc) is 3.28. The summed E-state index contributed by atoms with van der Waals surface area (Å²) in [5.74, 6) is 0.641. The second kappa shape index (κ2) is 6.94. The van der Waals surface area contributed by atoms with Gasteiger partial charge in [0.2, 0.25) is 0 Å². The normalized spacial score (nSPS) is 17.7. The Morgan fingerprint density at radius 3 is 2.89 bits per heavy atom. The van der Waals surface area contributed by atoms with Crippen LogP contribution >= 0.6 is 0 Å². The molecule has 0 unspecified atom stereocenters. The van der Waals surface area contributed by atoms with Gasteiger partial charge in [0.05, 0.1) is 31.0 Å². The number of ether oxygens (including phenoxy) is 1. The van der Waals surface area contributed by atoms with Crippen LogP contribution in [-0.2, 0) is 30.8 Å². The van der Waals surface area contributed by atoms with Crippen molar-refractivity contribution in [1.29, 1.82) is 0 Å². The van der Waals surface area contributed by atoms with E-state index in [0.717, 1.165) is 22.7 Å². The molecule has 2 aromatic rings. The largest absolute Gasteiger partial charge is 0.480 e. The Hall–Kier alpha value is -3.03. The predicted molar refractivity (Wildman–Crippen MR) is 98.1 cm³/mol. The highest BCUT2D eigenvalue weighted by molar-refractivity contribution is 5.82. The van der Waals surface area contributed by atoms with Gasteiger partial charge in [0, 0.05) is 27.1 Å². The zero-order valence-electron chi connectivity index (χ0n) is 15.5. The molecule has 1 aromatic heterocycles. The number of benzene rings is 1. The molecule has 0 bridgehead atoms. The molecule has 1 N–H and O–H groups in total. The maximum atomic E-state index is 12.4. The van der Waals surface area contributed by atoms with Gasteiger partial charge in [0.25, 0.3) is 5.91 Å². The first-order chi connectivity index (χ1) is 13.0. The Labute approximate surface area is 157 Å². The third-order valence-electron chi connectivity index (χ3n) is 4.88. The van der Waals surface area contributed by atoms with E-state index in [-0.39, 0.29) is 11.9 Å². The standard InChI is InChI=1S/C19H23N5O3/c1-22(2)19(26)23-7-8-24-15(12-23)10-14(21-24)11-20-18(25)17-9-13-5-3-4-6-16(13)27-17/h3-6,10,17H,7-9,11-12H2,1-2H3,(H,20,25)/t17-/m0/s1. The van der Waals surface area contributed by atoms with Crippen LogP contribution in [0.1, 0.15) is 17.0 Å². The number of rotatable bonds is 3. The van der Waals surface area contributed by atoms with E-state index in [0.29, 0.717) is 32.6 Å². The smallest absolute Gasteiger partial charge is 0.319 e. The lowest BCUT2D eigenvalue weighted by Gasteiger charge is -2.29. The van der Waals surface area contributed by atoms with Crippen molar-refractivity contribution in [3.05, 3.63) is 47.3 Å². The summed E-state index contributed by atoms with van der Waals surface area (Å²) >= 11 is 0. The van der Waals surface area contributed by atoms with Crippen LogP contribution in [-0.4, -0.2) is 58.3 Å². The number of nitrogens with zero attached hydrogens (tertiary/aromatic N) is 4. The predicted octanol–water partition coefficient (Wildman–Crippen LogP) is 1.00. The topological polar surface area (TPSA) is 79.7 Å². The first kappa shape index (κ1) is 17.4. The molecule has 8 nitrogen and oxygen atoms in total. The summed E-state index contributed by atoms with van der Waals surface area (Å²) in [6.45, 7) is 2.16. The molecule has 0 saturated carbocycles. The van der Waals surface area contributed by atoms with E-state index in [2.05, 4.69) is 10.4 Å². The van der Waals surface area contributed by atoms with Gasteiger partial charge < -0.3 is 19.9 Å². The van der Waals surface area contributed by atoms with E-state index in [1.54, 1.807) is 23.9 Å². The fourth-order valence-electron chi connectivity index (χ4n) is 3.48. The van der Waals surface area contributed by atoms with Crippen molar-refractivity contribution in [1.82, 2.24) is 24.9 Å². The molecular formula is C19H23N5O3. The maximum Gasteiger partial charge on any atom is 0.319 e. The number of para-hydroxylation sites is 1. The van der Waals surface area contributed by atoms with Crippen molar-refractivity contribution in [2.75, 3.05) is 20.6 Å². The zero-order valence-corrected chi connectivity index (χ0v) is 15.5. The van der Waals surface area contributed by atoms with Gasteiger partial charge in [-0.1, -0.05) is 18.2 Å². The van der Waals surface area contributed by atoms with Gasteiger partial charge in [-0.15, -0.1) is 0 Å². The van der Waals surface area contributed by atoms with Crippen LogP contribution < -0.4 is 10.1 Å². The molecule has 142 valence electrons. The third-order valence-corrected chi connectivity index (χ3v) is 4.88. The molecule has 3 heterocycles. The van der Waals surface area contributed by atoms with Gasteiger partial charge in [-0.05, 0) is 17.7 Å². The van der Waals surface area contributed by atoms with Gasteiger partial charge in [0.1, 0.15) is 5.75 Å². The Kier molecular flexibility index (Phi) is 4.47. The Morgan fingerprint density at radius 2 is 2.11 bits per heavy atom. The van der Waals surface area contributed by atoms with Gasteiger partial charge >= 0.3 is 6.03 Å². The third kappa shape index (κ3) is 3.47. The second-order valence-corrected chi connectivity index (χ2v) is 7.08. The minimum absolute atomic E-state index is 0.00440. The lowest BCUT2D eigenvalue weighted by molar-refractivity contribution is -0.127. The summed E-state index contributed by atoms with van der Waals surface area (Å²) in [5, 5.41) is 7.45. The van der Waals surface area contributed by atoms with Crippen molar-refractivity contribution in [2.24, 2.45) is 0 Å². The van der Waals surface area contributed by atoms with Crippen LogP contribution in [0, 0.1) is 0 Å². The van der Waals surface area contributed by atoms with Crippen LogP contribution in [0.25, 0.3) is 0 Å². The molecule has 27 heavy (non-hydrogen) atoms. The van der Waals surface area contributed by atoms with Crippen LogP contribution in [0.2, 0.25) is 0 Å². The molecule has 2 aliphatic heterocycles. The minimum atomic E-state index is -0.493. The summed E-state index contributed by atoms with van der Waals surface area (Å²) in [5.41, 5.74) is 2.82. The fraction of sp³-hybridized carbons (Fsp3) is 0.421. The molecule has 0 saturated heterocycles. The Balaban J connectivity index is 1.34. The number of carbonyl (C=O) groups is 2. The number of hydrogen-bond acceptors (Lipinski definition) is 4. The van der Waals surface area contributed by atoms with Crippen molar-refractivity contribution in [3.8, 4) is 5.75 Å². The maximum absolute atomic E-state index is 12.4. The number of hydrogen-bond donors (Lipinski definition) is 1. The second-order valence-electron chi connectivity index (χ2n) is 7.08. The molecule has 0 aliphatic carbocycles. The Bertz CT molecular complexity index is 851. The molecular weight excluding hydrogens is 346 g/mol. The summed E-state index contributed by atoms with van der Waals surface area (Å²) in [6.07, 6.45) is 0.0939. The molecule has 1 atom stereocenters. The number of nitrogens with one attached hydrogen (secondary N) is 1. The van der Waals surface area contributed by atoms with Crippen molar-refractivity contribution < 1.29 is 14.3 Å². The number of carbonyl (C=O) groups excluding carboxylic acids is 2. The summed E-state index contributed by atoms with van der Waals surface area (Å²) in [4.78, 5) is 27.9. The highest BCUT2D eigenvalue weighted by Crippen LogP contribution is 2.28. The quantitative estimate of drug-likeness (QED) is 0.875. The van der Waals surface area contributed by atoms with Gasteiger partial charge in [-0.25, -0.2) is 4.79 Å². The Morgan fingerprint density at radius 1 is 1.30 bits per heavy atom. The summed E-state index contributed by atoms with van der Waals surface area (Å²) < 4.78 is 7.62. The van der Waals surface area contributed by atoms with Crippen molar-refractivity contribution in [2.45, 2.75) is 32.2 Å².